The number of pyridine rings is 1. The predicted molar refractivity (Wildman–Crippen MR) is 85.2 cm³/mol. The summed E-state index contributed by atoms with van der Waals surface area (Å²) in [5.41, 5.74) is 0.0625. The minimum Gasteiger partial charge on any atom is -0.381 e. The van der Waals surface area contributed by atoms with Gasteiger partial charge in [-0.3, -0.25) is 9.59 Å². The summed E-state index contributed by atoms with van der Waals surface area (Å²) in [7, 11) is 0. The van der Waals surface area contributed by atoms with E-state index < -0.39 is 11.4 Å². The Hall–Kier alpha value is -2.21. The topological polar surface area (TPSA) is 71.2 Å². The number of halogens is 1. The molecule has 122 valence electrons. The van der Waals surface area contributed by atoms with Crippen molar-refractivity contribution in [1.82, 2.24) is 10.3 Å². The van der Waals surface area contributed by atoms with Crippen molar-refractivity contribution in [3.8, 4) is 0 Å². The van der Waals surface area contributed by atoms with Crippen molar-refractivity contribution in [3.63, 3.8) is 0 Å². The van der Waals surface area contributed by atoms with E-state index >= 15 is 0 Å². The lowest BCUT2D eigenvalue weighted by Gasteiger charge is -2.34. The summed E-state index contributed by atoms with van der Waals surface area (Å²) in [5, 5.41) is 3.39. The molecular weight excluding hydrogens is 299 g/mol. The van der Waals surface area contributed by atoms with Crippen LogP contribution in [-0.4, -0.2) is 29.6 Å². The van der Waals surface area contributed by atoms with E-state index in [1.807, 2.05) is 6.92 Å². The zero-order valence-corrected chi connectivity index (χ0v) is 13.2. The Morgan fingerprint density at radius 2 is 2.00 bits per heavy atom. The maximum Gasteiger partial charge on any atom is 0.252 e. The molecule has 1 saturated heterocycles. The fraction of sp³-hybridized carbons (Fsp3) is 0.412. The minimum atomic E-state index is -0.538. The molecule has 6 heteroatoms. The molecule has 1 aromatic heterocycles. The molecule has 0 bridgehead atoms. The van der Waals surface area contributed by atoms with Gasteiger partial charge in [-0.1, -0.05) is 0 Å². The van der Waals surface area contributed by atoms with E-state index in [0.29, 0.717) is 37.0 Å². The molecule has 1 aromatic carbocycles. The molecule has 23 heavy (non-hydrogen) atoms. The van der Waals surface area contributed by atoms with E-state index in [9.17, 15) is 14.0 Å². The highest BCUT2D eigenvalue weighted by atomic mass is 19.1. The molecule has 5 nitrogen and oxygen atoms in total. The van der Waals surface area contributed by atoms with Gasteiger partial charge in [0.15, 0.2) is 0 Å². The largest absolute Gasteiger partial charge is 0.381 e. The molecule has 1 aliphatic heterocycles. The van der Waals surface area contributed by atoms with Crippen molar-refractivity contribution < 1.29 is 13.9 Å². The monoisotopic (exact) mass is 318 g/mol. The number of nitrogens with one attached hydrogen (secondary N) is 2. The van der Waals surface area contributed by atoms with E-state index in [1.54, 1.807) is 13.0 Å². The standard InChI is InChI=1S/C17H19FN2O3/c1-10-7-11-12(9-14(21)19-15(11)13(18)8-10)16(22)20-17(2)3-5-23-6-4-17/h7-9H,3-6H2,1-2H3,(H,19,21)(H,20,22). The molecule has 2 aromatic rings. The first-order valence-electron chi connectivity index (χ1n) is 7.61. The van der Waals surface area contributed by atoms with Gasteiger partial charge >= 0.3 is 0 Å². The minimum absolute atomic E-state index is 0.0605. The summed E-state index contributed by atoms with van der Waals surface area (Å²) in [5.74, 6) is -0.903. The van der Waals surface area contributed by atoms with Gasteiger partial charge in [0.2, 0.25) is 5.56 Å². The number of hydrogen-bond donors (Lipinski definition) is 2. The number of amides is 1. The number of aryl methyl sites for hydroxylation is 1. The number of rotatable bonds is 2. The summed E-state index contributed by atoms with van der Waals surface area (Å²) in [6, 6.07) is 4.26. The lowest BCUT2D eigenvalue weighted by Crippen LogP contribution is -2.49. The molecule has 1 fully saturated rings. The Bertz CT molecular complexity index is 822. The van der Waals surface area contributed by atoms with Crippen molar-refractivity contribution in [1.29, 1.82) is 0 Å². The fourth-order valence-corrected chi connectivity index (χ4v) is 2.93. The zero-order valence-electron chi connectivity index (χ0n) is 13.2. The Morgan fingerprint density at radius 3 is 2.70 bits per heavy atom. The Morgan fingerprint density at radius 1 is 1.30 bits per heavy atom. The normalized spacial score (nSPS) is 17.2. The van der Waals surface area contributed by atoms with Gasteiger partial charge in [-0.2, -0.15) is 0 Å². The molecule has 0 unspecified atom stereocenters. The number of carbonyl (C=O) groups excluding carboxylic acids is 1. The smallest absolute Gasteiger partial charge is 0.252 e. The van der Waals surface area contributed by atoms with Crippen molar-refractivity contribution in [2.75, 3.05) is 13.2 Å². The Kier molecular flexibility index (Phi) is 3.93. The van der Waals surface area contributed by atoms with Crippen LogP contribution in [0.2, 0.25) is 0 Å². The number of fused-ring (bicyclic) bond motifs is 1. The van der Waals surface area contributed by atoms with Gasteiger partial charge in [-0.05, 0) is 44.4 Å². The molecule has 0 aliphatic carbocycles. The maximum absolute atomic E-state index is 14.1. The SMILES string of the molecule is Cc1cc(F)c2[nH]c(=O)cc(C(=O)NC3(C)CCOCC3)c2c1. The van der Waals surface area contributed by atoms with Gasteiger partial charge in [-0.25, -0.2) is 4.39 Å². The van der Waals surface area contributed by atoms with E-state index in [-0.39, 0.29) is 22.5 Å². The van der Waals surface area contributed by atoms with Crippen molar-refractivity contribution in [3.05, 3.63) is 45.5 Å². The predicted octanol–water partition coefficient (Wildman–Crippen LogP) is 2.27. The lowest BCUT2D eigenvalue weighted by atomic mass is 9.92. The van der Waals surface area contributed by atoms with Crippen LogP contribution in [-0.2, 0) is 4.74 Å². The number of hydrogen-bond acceptors (Lipinski definition) is 3. The number of H-pyrrole nitrogens is 1. The van der Waals surface area contributed by atoms with Crippen molar-refractivity contribution >= 4 is 16.8 Å². The molecule has 3 rings (SSSR count). The molecule has 0 atom stereocenters. The number of ether oxygens (including phenoxy) is 1. The van der Waals surface area contributed by atoms with Crippen LogP contribution < -0.4 is 10.9 Å². The summed E-state index contributed by atoms with van der Waals surface area (Å²) in [6.45, 7) is 4.87. The van der Waals surface area contributed by atoms with Gasteiger partial charge in [-0.15, -0.1) is 0 Å². The quantitative estimate of drug-likeness (QED) is 0.892. The van der Waals surface area contributed by atoms with Gasteiger partial charge in [0.1, 0.15) is 5.82 Å². The summed E-state index contributed by atoms with van der Waals surface area (Å²) < 4.78 is 19.4. The fourth-order valence-electron chi connectivity index (χ4n) is 2.93. The van der Waals surface area contributed by atoms with E-state index in [0.717, 1.165) is 0 Å². The van der Waals surface area contributed by atoms with Crippen molar-refractivity contribution in [2.24, 2.45) is 0 Å². The van der Waals surface area contributed by atoms with Crippen LogP contribution in [0.1, 0.15) is 35.7 Å². The molecule has 1 amide bonds. The lowest BCUT2D eigenvalue weighted by molar-refractivity contribution is 0.0423. The number of aromatic amines is 1. The molecule has 2 N–H and O–H groups in total. The molecule has 0 saturated carbocycles. The van der Waals surface area contributed by atoms with Crippen LogP contribution in [0, 0.1) is 12.7 Å². The van der Waals surface area contributed by atoms with Crippen LogP contribution in [0.25, 0.3) is 10.9 Å². The average Bonchev–Trinajstić information content (AvgIpc) is 2.47. The van der Waals surface area contributed by atoms with Gasteiger partial charge in [0.25, 0.3) is 5.91 Å². The van der Waals surface area contributed by atoms with Gasteiger partial charge < -0.3 is 15.0 Å². The Labute approximate surface area is 132 Å². The first kappa shape index (κ1) is 15.7. The first-order chi connectivity index (χ1) is 10.9. The summed E-state index contributed by atoms with van der Waals surface area (Å²) >= 11 is 0. The number of aromatic nitrogens is 1. The number of benzene rings is 1. The first-order valence-corrected chi connectivity index (χ1v) is 7.61. The van der Waals surface area contributed by atoms with Crippen molar-refractivity contribution in [2.45, 2.75) is 32.2 Å². The van der Waals surface area contributed by atoms with E-state index in [1.165, 1.54) is 12.1 Å². The van der Waals surface area contributed by atoms with Crippen LogP contribution >= 0.6 is 0 Å². The number of carbonyl (C=O) groups is 1. The third-order valence-electron chi connectivity index (χ3n) is 4.30. The Balaban J connectivity index is 2.05. The van der Waals surface area contributed by atoms with Gasteiger partial charge in [0.05, 0.1) is 11.1 Å². The molecular formula is C17H19FN2O3. The van der Waals surface area contributed by atoms with Crippen LogP contribution in [0.5, 0.6) is 0 Å². The van der Waals surface area contributed by atoms with Crippen LogP contribution in [0.3, 0.4) is 0 Å². The summed E-state index contributed by atoms with van der Waals surface area (Å²) in [4.78, 5) is 26.9. The van der Waals surface area contributed by atoms with Crippen LogP contribution in [0.4, 0.5) is 4.39 Å². The van der Waals surface area contributed by atoms with Gasteiger partial charge in [0, 0.05) is 30.2 Å². The molecule has 0 radical (unpaired) electrons. The second kappa shape index (κ2) is 5.77. The molecule has 2 heterocycles. The van der Waals surface area contributed by atoms with E-state index in [4.69, 9.17) is 4.74 Å². The third kappa shape index (κ3) is 3.12. The van der Waals surface area contributed by atoms with E-state index in [2.05, 4.69) is 10.3 Å². The molecule has 1 aliphatic rings. The highest BCUT2D eigenvalue weighted by molar-refractivity contribution is 6.06. The third-order valence-corrected chi connectivity index (χ3v) is 4.30. The second-order valence-electron chi connectivity index (χ2n) is 6.34. The maximum atomic E-state index is 14.1. The highest BCUT2D eigenvalue weighted by Gasteiger charge is 2.30. The summed E-state index contributed by atoms with van der Waals surface area (Å²) in [6.07, 6.45) is 1.40. The average molecular weight is 318 g/mol. The molecule has 0 spiro atoms. The second-order valence-corrected chi connectivity index (χ2v) is 6.34. The van der Waals surface area contributed by atoms with Crippen LogP contribution in [0.15, 0.2) is 23.0 Å². The highest BCUT2D eigenvalue weighted by Crippen LogP contribution is 2.23. The zero-order chi connectivity index (χ0) is 16.6.